The van der Waals surface area contributed by atoms with Crippen molar-refractivity contribution in [2.24, 2.45) is 5.73 Å². The lowest BCUT2D eigenvalue weighted by Crippen LogP contribution is -2.31. The minimum atomic E-state index is 0. The highest BCUT2D eigenvalue weighted by Gasteiger charge is 2.24. The van der Waals surface area contributed by atoms with E-state index in [9.17, 15) is 4.79 Å². The fourth-order valence-electron chi connectivity index (χ4n) is 2.70. The Morgan fingerprint density at radius 1 is 1.24 bits per heavy atom. The van der Waals surface area contributed by atoms with Crippen LogP contribution in [0.1, 0.15) is 22.3 Å². The van der Waals surface area contributed by atoms with Gasteiger partial charge in [-0.25, -0.2) is 0 Å². The second-order valence-electron chi connectivity index (χ2n) is 5.86. The normalized spacial score (nSPS) is 16.6. The molecule has 0 aliphatic carbocycles. The second kappa shape index (κ2) is 9.15. The van der Waals surface area contributed by atoms with Crippen LogP contribution in [0.2, 0.25) is 10.0 Å². The molecule has 0 unspecified atom stereocenters. The van der Waals surface area contributed by atoms with Crippen LogP contribution in [0.25, 0.3) is 0 Å². The van der Waals surface area contributed by atoms with Gasteiger partial charge < -0.3 is 10.6 Å². The molecule has 0 bridgehead atoms. The van der Waals surface area contributed by atoms with Crippen molar-refractivity contribution in [3.8, 4) is 0 Å². The Morgan fingerprint density at radius 2 is 2.04 bits per heavy atom. The Balaban J connectivity index is 0.00000225. The molecule has 7 heteroatoms. The average molecular weight is 418 g/mol. The van der Waals surface area contributed by atoms with Crippen LogP contribution in [-0.2, 0) is 5.75 Å². The lowest BCUT2D eigenvalue weighted by Gasteiger charge is -2.16. The third-order valence-corrected chi connectivity index (χ3v) is 5.78. The smallest absolute Gasteiger partial charge is 0.253 e. The summed E-state index contributed by atoms with van der Waals surface area (Å²) in [6, 6.07) is 13.2. The molecular weight excluding hydrogens is 399 g/mol. The first-order chi connectivity index (χ1) is 11.5. The number of nitrogens with zero attached hydrogens (tertiary/aromatic N) is 1. The Labute approximate surface area is 168 Å². The number of nitrogens with two attached hydrogens (primary N) is 1. The number of carbonyl (C=O) groups is 1. The van der Waals surface area contributed by atoms with Gasteiger partial charge in [-0.3, -0.25) is 4.79 Å². The highest BCUT2D eigenvalue weighted by Crippen LogP contribution is 2.32. The molecule has 2 aromatic carbocycles. The minimum Gasteiger partial charge on any atom is -0.337 e. The maximum atomic E-state index is 12.5. The minimum absolute atomic E-state index is 0. The number of hydrogen-bond acceptors (Lipinski definition) is 3. The Bertz CT molecular complexity index is 757. The summed E-state index contributed by atoms with van der Waals surface area (Å²) in [7, 11) is 0. The Kier molecular flexibility index (Phi) is 7.47. The van der Waals surface area contributed by atoms with E-state index < -0.39 is 0 Å². The number of thioether (sulfide) groups is 1. The summed E-state index contributed by atoms with van der Waals surface area (Å²) in [6.07, 6.45) is 0.870. The molecule has 0 saturated carbocycles. The van der Waals surface area contributed by atoms with E-state index >= 15 is 0 Å². The molecule has 1 aliphatic heterocycles. The first kappa shape index (κ1) is 20.4. The van der Waals surface area contributed by atoms with E-state index in [1.165, 1.54) is 0 Å². The van der Waals surface area contributed by atoms with Crippen molar-refractivity contribution in [2.45, 2.75) is 23.1 Å². The molecule has 0 spiro atoms. The van der Waals surface area contributed by atoms with Gasteiger partial charge in [-0.15, -0.1) is 24.2 Å². The van der Waals surface area contributed by atoms with E-state index in [0.717, 1.165) is 29.2 Å². The molecule has 1 atom stereocenters. The number of carbonyl (C=O) groups excluding carboxylic acids is 1. The summed E-state index contributed by atoms with van der Waals surface area (Å²) < 4.78 is 0. The van der Waals surface area contributed by atoms with Gasteiger partial charge in [0.05, 0.1) is 5.02 Å². The number of rotatable bonds is 4. The number of benzene rings is 2. The van der Waals surface area contributed by atoms with Crippen molar-refractivity contribution in [2.75, 3.05) is 13.1 Å². The van der Waals surface area contributed by atoms with Crippen LogP contribution in [-0.4, -0.2) is 29.9 Å². The van der Waals surface area contributed by atoms with Crippen molar-refractivity contribution < 1.29 is 4.79 Å². The SMILES string of the molecule is Cl.N[C@@H]1CCN(C(=O)c2cccc(CSc3cc(Cl)ccc3Cl)c2)C1. The van der Waals surface area contributed by atoms with Crippen molar-refractivity contribution in [3.05, 3.63) is 63.6 Å². The lowest BCUT2D eigenvalue weighted by atomic mass is 10.1. The monoisotopic (exact) mass is 416 g/mol. The zero-order chi connectivity index (χ0) is 17.1. The first-order valence-electron chi connectivity index (χ1n) is 7.74. The summed E-state index contributed by atoms with van der Waals surface area (Å²) in [6.45, 7) is 1.37. The van der Waals surface area contributed by atoms with Gasteiger partial charge in [0, 0.05) is 40.4 Å². The summed E-state index contributed by atoms with van der Waals surface area (Å²) in [5.74, 6) is 0.774. The van der Waals surface area contributed by atoms with E-state index in [-0.39, 0.29) is 24.4 Å². The predicted molar refractivity (Wildman–Crippen MR) is 108 cm³/mol. The topological polar surface area (TPSA) is 46.3 Å². The molecule has 2 aromatic rings. The molecule has 25 heavy (non-hydrogen) atoms. The van der Waals surface area contributed by atoms with Crippen LogP contribution < -0.4 is 5.73 Å². The van der Waals surface area contributed by atoms with Gasteiger partial charge in [-0.1, -0.05) is 35.3 Å². The lowest BCUT2D eigenvalue weighted by molar-refractivity contribution is 0.0791. The van der Waals surface area contributed by atoms with Gasteiger partial charge >= 0.3 is 0 Å². The zero-order valence-corrected chi connectivity index (χ0v) is 16.6. The summed E-state index contributed by atoms with van der Waals surface area (Å²) in [5, 5.41) is 1.35. The Hall–Kier alpha value is -0.910. The largest absolute Gasteiger partial charge is 0.337 e. The summed E-state index contributed by atoms with van der Waals surface area (Å²) in [5.41, 5.74) is 7.67. The maximum absolute atomic E-state index is 12.5. The van der Waals surface area contributed by atoms with Crippen molar-refractivity contribution in [1.29, 1.82) is 0 Å². The van der Waals surface area contributed by atoms with Gasteiger partial charge in [0.25, 0.3) is 5.91 Å². The highest BCUT2D eigenvalue weighted by molar-refractivity contribution is 7.98. The van der Waals surface area contributed by atoms with Crippen molar-refractivity contribution >= 4 is 53.3 Å². The number of amides is 1. The number of likely N-dealkylation sites (tertiary alicyclic amines) is 1. The molecule has 3 rings (SSSR count). The van der Waals surface area contributed by atoms with E-state index in [1.807, 2.05) is 35.2 Å². The van der Waals surface area contributed by atoms with Gasteiger partial charge in [-0.2, -0.15) is 0 Å². The van der Waals surface area contributed by atoms with E-state index in [2.05, 4.69) is 0 Å². The maximum Gasteiger partial charge on any atom is 0.253 e. The molecule has 3 nitrogen and oxygen atoms in total. The van der Waals surface area contributed by atoms with Crippen LogP contribution in [0.4, 0.5) is 0 Å². The van der Waals surface area contributed by atoms with Gasteiger partial charge in [0.1, 0.15) is 0 Å². The van der Waals surface area contributed by atoms with Crippen molar-refractivity contribution in [3.63, 3.8) is 0 Å². The van der Waals surface area contributed by atoms with E-state index in [0.29, 0.717) is 22.2 Å². The van der Waals surface area contributed by atoms with Gasteiger partial charge in [0.2, 0.25) is 0 Å². The molecule has 1 aliphatic rings. The molecule has 1 saturated heterocycles. The van der Waals surface area contributed by atoms with E-state index in [1.54, 1.807) is 23.9 Å². The van der Waals surface area contributed by atoms with Crippen LogP contribution in [0.15, 0.2) is 47.4 Å². The van der Waals surface area contributed by atoms with Crippen LogP contribution in [0, 0.1) is 0 Å². The molecule has 0 aromatic heterocycles. The van der Waals surface area contributed by atoms with Gasteiger partial charge in [-0.05, 0) is 42.3 Å². The quantitative estimate of drug-likeness (QED) is 0.721. The molecule has 1 heterocycles. The molecule has 0 radical (unpaired) electrons. The molecule has 1 amide bonds. The van der Waals surface area contributed by atoms with Crippen LogP contribution in [0.5, 0.6) is 0 Å². The predicted octanol–water partition coefficient (Wildman–Crippen LogP) is 4.88. The molecule has 134 valence electrons. The van der Waals surface area contributed by atoms with Crippen LogP contribution in [0.3, 0.4) is 0 Å². The average Bonchev–Trinajstić information content (AvgIpc) is 3.02. The fraction of sp³-hybridized carbons (Fsp3) is 0.278. The zero-order valence-electron chi connectivity index (χ0n) is 13.5. The van der Waals surface area contributed by atoms with Gasteiger partial charge in [0.15, 0.2) is 0 Å². The third kappa shape index (κ3) is 5.28. The summed E-state index contributed by atoms with van der Waals surface area (Å²) in [4.78, 5) is 15.3. The molecule has 2 N–H and O–H groups in total. The standard InChI is InChI=1S/C18H18Cl2N2OS.ClH/c19-14-4-5-16(20)17(9-14)24-11-12-2-1-3-13(8-12)18(23)22-7-6-15(21)10-22;/h1-5,8-9,15H,6-7,10-11,21H2;1H/t15-;/m1./s1. The second-order valence-corrected chi connectivity index (χ2v) is 7.72. The third-order valence-electron chi connectivity index (χ3n) is 3.97. The van der Waals surface area contributed by atoms with Crippen LogP contribution >= 0.6 is 47.4 Å². The number of halogens is 3. The first-order valence-corrected chi connectivity index (χ1v) is 9.49. The fourth-order valence-corrected chi connectivity index (χ4v) is 4.13. The molecular formula is C18H19Cl3N2OS. The summed E-state index contributed by atoms with van der Waals surface area (Å²) >= 11 is 13.8. The Morgan fingerprint density at radius 3 is 2.76 bits per heavy atom. The van der Waals surface area contributed by atoms with E-state index in [4.69, 9.17) is 28.9 Å². The molecule has 1 fully saturated rings. The highest BCUT2D eigenvalue weighted by atomic mass is 35.5. The van der Waals surface area contributed by atoms with Crippen molar-refractivity contribution in [1.82, 2.24) is 4.90 Å². The number of hydrogen-bond donors (Lipinski definition) is 1.